The third-order valence-electron chi connectivity index (χ3n) is 5.67. The molecule has 8 nitrogen and oxygen atoms in total. The molecule has 0 fully saturated rings. The number of ether oxygens (including phenoxy) is 2. The lowest BCUT2D eigenvalue weighted by Crippen LogP contribution is -2.14. The van der Waals surface area contributed by atoms with Crippen molar-refractivity contribution in [3.8, 4) is 17.6 Å². The zero-order chi connectivity index (χ0) is 27.9. The highest BCUT2D eigenvalue weighted by Crippen LogP contribution is 2.38. The largest absolute Gasteiger partial charge is 0.490 e. The van der Waals surface area contributed by atoms with E-state index in [1.54, 1.807) is 12.1 Å². The monoisotopic (exact) mass is 605 g/mol. The molecule has 0 radical (unpaired) electrons. The van der Waals surface area contributed by atoms with E-state index in [-0.39, 0.29) is 28.6 Å². The Kier molecular flexibility index (Phi) is 8.81. The second kappa shape index (κ2) is 12.4. The third-order valence-corrected chi connectivity index (χ3v) is 6.61. The van der Waals surface area contributed by atoms with Crippen LogP contribution in [0.1, 0.15) is 18.1 Å². The number of carbonyl (C=O) groups excluding carboxylic acids is 1. The summed E-state index contributed by atoms with van der Waals surface area (Å²) in [4.78, 5) is 23.2. The van der Waals surface area contributed by atoms with Crippen LogP contribution in [-0.4, -0.2) is 17.4 Å². The molecule has 0 aromatic heterocycles. The van der Waals surface area contributed by atoms with Crippen molar-refractivity contribution in [3.63, 3.8) is 0 Å². The second-order valence-electron chi connectivity index (χ2n) is 8.24. The van der Waals surface area contributed by atoms with Crippen LogP contribution < -0.4 is 14.8 Å². The predicted molar refractivity (Wildman–Crippen MR) is 154 cm³/mol. The number of nitriles is 1. The van der Waals surface area contributed by atoms with Crippen LogP contribution in [0.15, 0.2) is 82.8 Å². The number of anilines is 1. The van der Waals surface area contributed by atoms with Crippen LogP contribution in [0.25, 0.3) is 16.8 Å². The number of nitrogens with zero attached hydrogens (tertiary/aromatic N) is 2. The molecule has 1 amide bonds. The highest BCUT2D eigenvalue weighted by Gasteiger charge is 2.17. The van der Waals surface area contributed by atoms with Gasteiger partial charge in [0.2, 0.25) is 0 Å². The number of rotatable bonds is 9. The van der Waals surface area contributed by atoms with Crippen LogP contribution in [-0.2, 0) is 11.4 Å². The highest BCUT2D eigenvalue weighted by molar-refractivity contribution is 9.10. The first-order chi connectivity index (χ1) is 18.8. The first kappa shape index (κ1) is 27.6. The lowest BCUT2D eigenvalue weighted by molar-refractivity contribution is -0.384. The number of nitro groups is 1. The molecule has 0 saturated carbocycles. The number of hydrogen-bond donors (Lipinski definition) is 1. The van der Waals surface area contributed by atoms with E-state index in [0.717, 1.165) is 16.3 Å². The zero-order valence-corrected chi connectivity index (χ0v) is 23.0. The van der Waals surface area contributed by atoms with Gasteiger partial charge in [0.1, 0.15) is 18.2 Å². The number of nitro benzene ring substituents is 1. The van der Waals surface area contributed by atoms with Gasteiger partial charge in [-0.15, -0.1) is 0 Å². The molecule has 4 aromatic rings. The normalized spacial score (nSPS) is 11.1. The summed E-state index contributed by atoms with van der Waals surface area (Å²) in [7, 11) is 0. The number of halogens is 2. The summed E-state index contributed by atoms with van der Waals surface area (Å²) in [6.07, 6.45) is 1.37. The number of non-ortho nitro benzene ring substituents is 1. The molecule has 10 heteroatoms. The minimum absolute atomic E-state index is 0.142. The number of carbonyl (C=O) groups is 1. The zero-order valence-electron chi connectivity index (χ0n) is 20.6. The van der Waals surface area contributed by atoms with Gasteiger partial charge in [0.15, 0.2) is 11.5 Å². The Morgan fingerprint density at radius 3 is 2.62 bits per heavy atom. The molecule has 0 bridgehead atoms. The van der Waals surface area contributed by atoms with Crippen molar-refractivity contribution < 1.29 is 19.2 Å². The Balaban J connectivity index is 1.58. The standard InChI is InChI=1S/C29H21BrClN3O5/c1-2-38-27-14-18(12-21(16-32)29(35)33-26-11-10-22(34(36)37)15-24(26)30)13-25(31)28(27)39-17-20-8-5-7-19-6-3-4-9-23(19)20/h3-15H,2,17H2,1H3,(H,33,35)/b21-12+. The molecular formula is C29H21BrClN3O5. The molecule has 0 unspecified atom stereocenters. The van der Waals surface area contributed by atoms with E-state index in [0.29, 0.717) is 28.1 Å². The molecule has 0 heterocycles. The van der Waals surface area contributed by atoms with Crippen molar-refractivity contribution in [1.29, 1.82) is 5.26 Å². The van der Waals surface area contributed by atoms with Gasteiger partial charge in [-0.1, -0.05) is 54.1 Å². The van der Waals surface area contributed by atoms with E-state index >= 15 is 0 Å². The second-order valence-corrected chi connectivity index (χ2v) is 9.50. The van der Waals surface area contributed by atoms with Crippen LogP contribution in [0.5, 0.6) is 11.5 Å². The minimum Gasteiger partial charge on any atom is -0.490 e. The molecule has 0 aliphatic heterocycles. The molecule has 4 aromatic carbocycles. The molecular weight excluding hydrogens is 586 g/mol. The van der Waals surface area contributed by atoms with E-state index in [4.69, 9.17) is 21.1 Å². The summed E-state index contributed by atoms with van der Waals surface area (Å²) in [6, 6.07) is 23.0. The summed E-state index contributed by atoms with van der Waals surface area (Å²) < 4.78 is 12.2. The molecule has 0 aliphatic rings. The minimum atomic E-state index is -0.697. The predicted octanol–water partition coefficient (Wildman–Crippen LogP) is 7.69. The van der Waals surface area contributed by atoms with Gasteiger partial charge in [-0.3, -0.25) is 14.9 Å². The Morgan fingerprint density at radius 2 is 1.90 bits per heavy atom. The Labute approximate surface area is 237 Å². The Hall–Kier alpha value is -4.39. The fourth-order valence-electron chi connectivity index (χ4n) is 3.87. The van der Waals surface area contributed by atoms with E-state index in [1.807, 2.05) is 55.5 Å². The Bertz CT molecular complexity index is 1640. The summed E-state index contributed by atoms with van der Waals surface area (Å²) in [6.45, 7) is 2.42. The number of hydrogen-bond acceptors (Lipinski definition) is 6. The van der Waals surface area contributed by atoms with Crippen molar-refractivity contribution in [1.82, 2.24) is 0 Å². The number of nitrogens with one attached hydrogen (secondary N) is 1. The molecule has 4 rings (SSSR count). The third kappa shape index (κ3) is 6.55. The number of fused-ring (bicyclic) bond motifs is 1. The summed E-state index contributed by atoms with van der Waals surface area (Å²) in [5.74, 6) is 0.0195. The van der Waals surface area contributed by atoms with Crippen molar-refractivity contribution in [3.05, 3.63) is 109 Å². The molecule has 0 atom stereocenters. The average Bonchev–Trinajstić information content (AvgIpc) is 2.92. The van der Waals surface area contributed by atoms with Crippen molar-refractivity contribution >= 4 is 61.7 Å². The fraction of sp³-hybridized carbons (Fsp3) is 0.103. The Morgan fingerprint density at radius 1 is 1.13 bits per heavy atom. The van der Waals surface area contributed by atoms with Crippen LogP contribution in [0, 0.1) is 21.4 Å². The molecule has 196 valence electrons. The lowest BCUT2D eigenvalue weighted by Gasteiger charge is -2.15. The SMILES string of the molecule is CCOc1cc(/C=C(\C#N)C(=O)Nc2ccc([N+](=O)[O-])cc2Br)cc(Cl)c1OCc1cccc2ccccc12. The lowest BCUT2D eigenvalue weighted by atomic mass is 10.1. The van der Waals surface area contributed by atoms with Gasteiger partial charge >= 0.3 is 0 Å². The maximum atomic E-state index is 12.8. The van der Waals surface area contributed by atoms with Gasteiger partial charge in [0.05, 0.1) is 22.2 Å². The van der Waals surface area contributed by atoms with Crippen LogP contribution in [0.3, 0.4) is 0 Å². The van der Waals surface area contributed by atoms with Crippen LogP contribution in [0.4, 0.5) is 11.4 Å². The smallest absolute Gasteiger partial charge is 0.270 e. The summed E-state index contributed by atoms with van der Waals surface area (Å²) >= 11 is 9.77. The van der Waals surface area contributed by atoms with Crippen LogP contribution in [0.2, 0.25) is 5.02 Å². The van der Waals surface area contributed by atoms with E-state index < -0.39 is 10.8 Å². The van der Waals surface area contributed by atoms with Gasteiger partial charge in [-0.05, 0) is 69.0 Å². The molecule has 0 aliphatic carbocycles. The van der Waals surface area contributed by atoms with Gasteiger partial charge in [0, 0.05) is 16.6 Å². The van der Waals surface area contributed by atoms with Crippen molar-refractivity contribution in [2.45, 2.75) is 13.5 Å². The van der Waals surface area contributed by atoms with Crippen molar-refractivity contribution in [2.75, 3.05) is 11.9 Å². The molecule has 0 spiro atoms. The van der Waals surface area contributed by atoms with E-state index in [2.05, 4.69) is 21.2 Å². The highest BCUT2D eigenvalue weighted by atomic mass is 79.9. The van der Waals surface area contributed by atoms with Gasteiger partial charge in [-0.25, -0.2) is 0 Å². The number of benzene rings is 4. The quantitative estimate of drug-likeness (QED) is 0.0904. The molecule has 1 N–H and O–H groups in total. The van der Waals surface area contributed by atoms with E-state index in [9.17, 15) is 20.2 Å². The van der Waals surface area contributed by atoms with E-state index in [1.165, 1.54) is 24.3 Å². The van der Waals surface area contributed by atoms with Gasteiger partial charge < -0.3 is 14.8 Å². The van der Waals surface area contributed by atoms with Gasteiger partial charge in [0.25, 0.3) is 11.6 Å². The molecule has 39 heavy (non-hydrogen) atoms. The summed E-state index contributed by atoms with van der Waals surface area (Å²) in [5, 5.41) is 25.6. The summed E-state index contributed by atoms with van der Waals surface area (Å²) in [5.41, 5.74) is 1.36. The molecule has 0 saturated heterocycles. The first-order valence-electron chi connectivity index (χ1n) is 11.7. The average molecular weight is 607 g/mol. The topological polar surface area (TPSA) is 114 Å². The van der Waals surface area contributed by atoms with Gasteiger partial charge in [-0.2, -0.15) is 5.26 Å². The first-order valence-corrected chi connectivity index (χ1v) is 12.9. The maximum Gasteiger partial charge on any atom is 0.270 e. The number of amides is 1. The maximum absolute atomic E-state index is 12.8. The van der Waals surface area contributed by atoms with Crippen LogP contribution >= 0.6 is 27.5 Å². The fourth-order valence-corrected chi connectivity index (χ4v) is 4.61. The van der Waals surface area contributed by atoms with Crippen molar-refractivity contribution in [2.24, 2.45) is 0 Å².